The molecular weight excluding hydrogens is 194 g/mol. The van der Waals surface area contributed by atoms with Crippen molar-refractivity contribution in [2.75, 3.05) is 6.54 Å². The van der Waals surface area contributed by atoms with Crippen molar-refractivity contribution in [3.63, 3.8) is 0 Å². The van der Waals surface area contributed by atoms with Gasteiger partial charge in [-0.3, -0.25) is 4.99 Å². The van der Waals surface area contributed by atoms with E-state index < -0.39 is 0 Å². The highest BCUT2D eigenvalue weighted by atomic mass is 15.5. The molecule has 7 heteroatoms. The number of nitrogens with two attached hydrogens (primary N) is 2. The van der Waals surface area contributed by atoms with Gasteiger partial charge in [0.25, 0.3) is 0 Å². The van der Waals surface area contributed by atoms with Crippen molar-refractivity contribution in [3.8, 4) is 0 Å². The minimum atomic E-state index is -0.147. The normalized spacial score (nSPS) is 14.1. The summed E-state index contributed by atoms with van der Waals surface area (Å²) in [6, 6.07) is -0.147. The van der Waals surface area contributed by atoms with Gasteiger partial charge in [0.1, 0.15) is 0 Å². The Labute approximate surface area is 88.3 Å². The Hall–Kier alpha value is -1.50. The molecule has 0 bridgehead atoms. The number of H-pyrrole nitrogens is 1. The average Bonchev–Trinajstić information content (AvgIpc) is 2.69. The predicted octanol–water partition coefficient (Wildman–Crippen LogP) is -0.253. The summed E-state index contributed by atoms with van der Waals surface area (Å²) in [6.45, 7) is 2.53. The maximum Gasteiger partial charge on any atom is 0.191 e. The molecule has 15 heavy (non-hydrogen) atoms. The molecule has 0 aliphatic rings. The van der Waals surface area contributed by atoms with E-state index >= 15 is 0 Å². The topological polar surface area (TPSA) is 119 Å². The third kappa shape index (κ3) is 4.50. The molecule has 7 nitrogen and oxygen atoms in total. The van der Waals surface area contributed by atoms with Gasteiger partial charge in [0.15, 0.2) is 5.82 Å². The van der Waals surface area contributed by atoms with Crippen LogP contribution < -0.4 is 11.5 Å². The maximum atomic E-state index is 5.84. The molecule has 84 valence electrons. The molecule has 0 unspecified atom stereocenters. The molecule has 1 aromatic rings. The zero-order valence-corrected chi connectivity index (χ0v) is 8.85. The second-order valence-electron chi connectivity index (χ2n) is 3.40. The number of aliphatic imine (C=N–C) groups is 1. The zero-order chi connectivity index (χ0) is 11.1. The number of hydrogen-bond acceptors (Lipinski definition) is 5. The average molecular weight is 211 g/mol. The Bertz CT molecular complexity index is 288. The van der Waals surface area contributed by atoms with Crippen LogP contribution in [0.5, 0.6) is 0 Å². The van der Waals surface area contributed by atoms with E-state index in [0.29, 0.717) is 11.7 Å². The van der Waals surface area contributed by atoms with Gasteiger partial charge in [-0.05, 0) is 26.2 Å². The van der Waals surface area contributed by atoms with E-state index in [2.05, 4.69) is 25.6 Å². The quantitative estimate of drug-likeness (QED) is 0.340. The molecule has 1 atom stereocenters. The molecule has 5 N–H and O–H groups in total. The van der Waals surface area contributed by atoms with Crippen LogP contribution in [0.4, 0.5) is 0 Å². The standard InChI is InChI=1S/C8H17N7/c1-6(9)11-5-3-2-4-7(10)8-12-14-15-13-8/h7H,2-5,10H2,1H3,(H2,9,11)(H,12,13,14,15)/t7-/m0/s1. The van der Waals surface area contributed by atoms with E-state index in [1.165, 1.54) is 0 Å². The summed E-state index contributed by atoms with van der Waals surface area (Å²) < 4.78 is 0. The minimum absolute atomic E-state index is 0.147. The lowest BCUT2D eigenvalue weighted by Crippen LogP contribution is -2.12. The number of tetrazole rings is 1. The molecule has 1 aromatic heterocycles. The highest BCUT2D eigenvalue weighted by molar-refractivity contribution is 5.77. The Morgan fingerprint density at radius 1 is 1.53 bits per heavy atom. The first-order valence-corrected chi connectivity index (χ1v) is 4.95. The van der Waals surface area contributed by atoms with Gasteiger partial charge < -0.3 is 11.5 Å². The molecule has 0 aliphatic carbocycles. The second kappa shape index (κ2) is 6.07. The van der Waals surface area contributed by atoms with Crippen LogP contribution in [0.1, 0.15) is 38.1 Å². The van der Waals surface area contributed by atoms with E-state index in [4.69, 9.17) is 11.5 Å². The third-order valence-corrected chi connectivity index (χ3v) is 1.98. The van der Waals surface area contributed by atoms with Crippen LogP contribution in [0.15, 0.2) is 4.99 Å². The first kappa shape index (κ1) is 11.6. The molecule has 1 rings (SSSR count). The number of hydrogen-bond donors (Lipinski definition) is 3. The van der Waals surface area contributed by atoms with Crippen LogP contribution in [0.3, 0.4) is 0 Å². The summed E-state index contributed by atoms with van der Waals surface area (Å²) >= 11 is 0. The van der Waals surface area contributed by atoms with Crippen LogP contribution in [-0.4, -0.2) is 33.0 Å². The van der Waals surface area contributed by atoms with Crippen LogP contribution in [-0.2, 0) is 0 Å². The summed E-state index contributed by atoms with van der Waals surface area (Å²) in [4.78, 5) is 4.09. The lowest BCUT2D eigenvalue weighted by Gasteiger charge is -2.05. The predicted molar refractivity (Wildman–Crippen MR) is 57.1 cm³/mol. The van der Waals surface area contributed by atoms with Gasteiger partial charge in [0, 0.05) is 6.54 Å². The summed E-state index contributed by atoms with van der Waals surface area (Å²) in [5.41, 5.74) is 11.2. The van der Waals surface area contributed by atoms with Crippen molar-refractivity contribution in [2.24, 2.45) is 16.5 Å². The molecule has 0 saturated carbocycles. The molecular formula is C8H17N7. The fourth-order valence-electron chi connectivity index (χ4n) is 1.19. The van der Waals surface area contributed by atoms with E-state index in [0.717, 1.165) is 25.8 Å². The number of unbranched alkanes of at least 4 members (excludes halogenated alkanes) is 1. The minimum Gasteiger partial charge on any atom is -0.388 e. The van der Waals surface area contributed by atoms with E-state index in [-0.39, 0.29) is 6.04 Å². The lowest BCUT2D eigenvalue weighted by molar-refractivity contribution is 0.566. The van der Waals surface area contributed by atoms with E-state index in [1.807, 2.05) is 0 Å². The van der Waals surface area contributed by atoms with Crippen molar-refractivity contribution in [3.05, 3.63) is 5.82 Å². The summed E-state index contributed by atoms with van der Waals surface area (Å²) in [6.07, 6.45) is 2.78. The number of nitrogens with zero attached hydrogens (tertiary/aromatic N) is 4. The van der Waals surface area contributed by atoms with Gasteiger partial charge in [-0.25, -0.2) is 0 Å². The molecule has 0 aliphatic heterocycles. The first-order valence-electron chi connectivity index (χ1n) is 4.95. The van der Waals surface area contributed by atoms with Gasteiger partial charge in [0.2, 0.25) is 0 Å². The van der Waals surface area contributed by atoms with Gasteiger partial charge in [-0.2, -0.15) is 5.21 Å². The van der Waals surface area contributed by atoms with Crippen molar-refractivity contribution in [1.29, 1.82) is 0 Å². The summed E-state index contributed by atoms with van der Waals surface area (Å²) in [7, 11) is 0. The monoisotopic (exact) mass is 211 g/mol. The molecule has 0 fully saturated rings. The van der Waals surface area contributed by atoms with Gasteiger partial charge in [-0.15, -0.1) is 10.2 Å². The molecule has 0 saturated heterocycles. The van der Waals surface area contributed by atoms with Crippen molar-refractivity contribution in [1.82, 2.24) is 20.6 Å². The Morgan fingerprint density at radius 2 is 2.33 bits per heavy atom. The molecule has 0 amide bonds. The number of aromatic amines is 1. The number of rotatable bonds is 6. The summed E-state index contributed by atoms with van der Waals surface area (Å²) in [5.74, 6) is 1.19. The van der Waals surface area contributed by atoms with Crippen molar-refractivity contribution < 1.29 is 0 Å². The van der Waals surface area contributed by atoms with Crippen molar-refractivity contribution >= 4 is 5.84 Å². The fourth-order valence-corrected chi connectivity index (χ4v) is 1.19. The first-order chi connectivity index (χ1) is 7.20. The summed E-state index contributed by atoms with van der Waals surface area (Å²) in [5, 5.41) is 13.5. The molecule has 1 heterocycles. The van der Waals surface area contributed by atoms with Gasteiger partial charge in [0.05, 0.1) is 11.9 Å². The number of nitrogens with one attached hydrogen (secondary N) is 1. The van der Waals surface area contributed by atoms with E-state index in [9.17, 15) is 0 Å². The zero-order valence-electron chi connectivity index (χ0n) is 8.85. The SMILES string of the molecule is CC(N)=NCCCC[C@H](N)c1nn[nH]n1. The van der Waals surface area contributed by atoms with Crippen LogP contribution >= 0.6 is 0 Å². The molecule has 0 aromatic carbocycles. The maximum absolute atomic E-state index is 5.84. The largest absolute Gasteiger partial charge is 0.388 e. The third-order valence-electron chi connectivity index (χ3n) is 1.98. The second-order valence-corrected chi connectivity index (χ2v) is 3.40. The van der Waals surface area contributed by atoms with Crippen LogP contribution in [0.2, 0.25) is 0 Å². The van der Waals surface area contributed by atoms with E-state index in [1.54, 1.807) is 6.92 Å². The molecule has 0 spiro atoms. The molecule has 0 radical (unpaired) electrons. The lowest BCUT2D eigenvalue weighted by atomic mass is 10.1. The smallest absolute Gasteiger partial charge is 0.191 e. The Balaban J connectivity index is 2.13. The van der Waals surface area contributed by atoms with Crippen LogP contribution in [0, 0.1) is 0 Å². The van der Waals surface area contributed by atoms with Gasteiger partial charge in [-0.1, -0.05) is 5.21 Å². The Kier molecular flexibility index (Phi) is 4.69. The van der Waals surface area contributed by atoms with Crippen molar-refractivity contribution in [2.45, 2.75) is 32.2 Å². The Morgan fingerprint density at radius 3 is 2.93 bits per heavy atom. The highest BCUT2D eigenvalue weighted by Crippen LogP contribution is 2.10. The highest BCUT2D eigenvalue weighted by Gasteiger charge is 2.09. The number of amidine groups is 1. The van der Waals surface area contributed by atoms with Gasteiger partial charge >= 0.3 is 0 Å². The number of aromatic nitrogens is 4. The van der Waals surface area contributed by atoms with Crippen LogP contribution in [0.25, 0.3) is 0 Å². The fraction of sp³-hybridized carbons (Fsp3) is 0.750.